The molecule has 1 aliphatic rings. The Bertz CT molecular complexity index is 700. The smallest absolute Gasteiger partial charge is 0.410 e. The molecule has 2 rings (SSSR count). The number of rotatable bonds is 5. The lowest BCUT2D eigenvalue weighted by atomic mass is 9.94. The molecular weight excluding hydrogens is 352 g/mol. The lowest BCUT2D eigenvalue weighted by Crippen LogP contribution is -2.41. The van der Waals surface area contributed by atoms with Crippen molar-refractivity contribution in [1.29, 1.82) is 0 Å². The van der Waals surface area contributed by atoms with Crippen LogP contribution in [-0.4, -0.2) is 50.9 Å². The number of benzene rings is 1. The number of sulfone groups is 1. The van der Waals surface area contributed by atoms with Gasteiger partial charge in [-0.2, -0.15) is 0 Å². The minimum Gasteiger partial charge on any atom is -0.444 e. The fourth-order valence-electron chi connectivity index (χ4n) is 2.97. The molecule has 1 heterocycles. The van der Waals surface area contributed by atoms with Crippen molar-refractivity contribution in [2.75, 3.05) is 31.2 Å². The summed E-state index contributed by atoms with van der Waals surface area (Å²) >= 11 is 0. The van der Waals surface area contributed by atoms with E-state index in [4.69, 9.17) is 4.74 Å². The number of likely N-dealkylation sites (tertiary alicyclic amines) is 1. The third-order valence-corrected chi connectivity index (χ3v) is 5.56. The minimum absolute atomic E-state index is 0.222. The Morgan fingerprint density at radius 2 is 1.77 bits per heavy atom. The van der Waals surface area contributed by atoms with Gasteiger partial charge in [0, 0.05) is 31.6 Å². The molecule has 26 heavy (non-hydrogen) atoms. The monoisotopic (exact) mass is 382 g/mol. The number of carbonyl (C=O) groups is 1. The molecule has 1 aromatic carbocycles. The number of nitrogens with zero attached hydrogens (tertiary/aromatic N) is 1. The molecule has 0 bridgehead atoms. The van der Waals surface area contributed by atoms with E-state index < -0.39 is 15.4 Å². The van der Waals surface area contributed by atoms with Gasteiger partial charge in [0.05, 0.1) is 4.90 Å². The average molecular weight is 383 g/mol. The van der Waals surface area contributed by atoms with Crippen molar-refractivity contribution in [2.24, 2.45) is 5.92 Å². The van der Waals surface area contributed by atoms with Gasteiger partial charge in [-0.15, -0.1) is 0 Å². The quantitative estimate of drug-likeness (QED) is 0.843. The molecular formula is C19H30N2O4S. The van der Waals surface area contributed by atoms with Crippen LogP contribution in [0.25, 0.3) is 0 Å². The summed E-state index contributed by atoms with van der Waals surface area (Å²) in [6, 6.07) is 6.83. The molecule has 0 atom stereocenters. The summed E-state index contributed by atoms with van der Waals surface area (Å²) in [6.07, 6.45) is 3.97. The fraction of sp³-hybridized carbons (Fsp3) is 0.632. The summed E-state index contributed by atoms with van der Waals surface area (Å²) in [5, 5.41) is 3.34. The van der Waals surface area contributed by atoms with E-state index >= 15 is 0 Å². The highest BCUT2D eigenvalue weighted by atomic mass is 32.2. The van der Waals surface area contributed by atoms with Crippen LogP contribution in [0.4, 0.5) is 10.5 Å². The Morgan fingerprint density at radius 3 is 2.27 bits per heavy atom. The van der Waals surface area contributed by atoms with E-state index in [9.17, 15) is 13.2 Å². The van der Waals surface area contributed by atoms with Crippen LogP contribution in [-0.2, 0) is 14.6 Å². The molecule has 0 aromatic heterocycles. The second kappa shape index (κ2) is 8.29. The van der Waals surface area contributed by atoms with Gasteiger partial charge in [-0.05, 0) is 70.2 Å². The molecule has 1 saturated heterocycles. The Labute approximate surface area is 156 Å². The number of ether oxygens (including phenoxy) is 1. The molecule has 0 radical (unpaired) electrons. The van der Waals surface area contributed by atoms with E-state index in [1.54, 1.807) is 29.2 Å². The Kier molecular flexibility index (Phi) is 6.55. The van der Waals surface area contributed by atoms with Crippen LogP contribution in [0.3, 0.4) is 0 Å². The second-order valence-electron chi connectivity index (χ2n) is 7.92. The number of piperidine rings is 1. The Morgan fingerprint density at radius 1 is 1.19 bits per heavy atom. The molecule has 1 fully saturated rings. The predicted octanol–water partition coefficient (Wildman–Crippen LogP) is 3.54. The average Bonchev–Trinajstić information content (AvgIpc) is 2.53. The van der Waals surface area contributed by atoms with E-state index in [1.165, 1.54) is 6.26 Å². The molecule has 0 unspecified atom stereocenters. The first kappa shape index (κ1) is 20.6. The van der Waals surface area contributed by atoms with E-state index in [-0.39, 0.29) is 6.09 Å². The SMILES string of the molecule is CC(C)(C)OC(=O)N1CCC(CCNc2ccc(S(C)(=O)=O)cc2)CC1. The second-order valence-corrected chi connectivity index (χ2v) is 9.94. The molecule has 7 heteroatoms. The largest absolute Gasteiger partial charge is 0.444 e. The van der Waals surface area contributed by atoms with Crippen LogP contribution >= 0.6 is 0 Å². The first-order valence-corrected chi connectivity index (χ1v) is 11.0. The molecule has 0 spiro atoms. The topological polar surface area (TPSA) is 75.7 Å². The third kappa shape index (κ3) is 6.52. The number of nitrogens with one attached hydrogen (secondary N) is 1. The maximum Gasteiger partial charge on any atom is 0.410 e. The summed E-state index contributed by atoms with van der Waals surface area (Å²) in [4.78, 5) is 14.2. The summed E-state index contributed by atoms with van der Waals surface area (Å²) in [7, 11) is -3.15. The van der Waals surface area contributed by atoms with Crippen LogP contribution in [0, 0.1) is 5.92 Å². The molecule has 0 saturated carbocycles. The number of amides is 1. The highest BCUT2D eigenvalue weighted by Gasteiger charge is 2.26. The summed E-state index contributed by atoms with van der Waals surface area (Å²) in [5.74, 6) is 0.580. The van der Waals surface area contributed by atoms with Crippen LogP contribution in [0.1, 0.15) is 40.0 Å². The van der Waals surface area contributed by atoms with Gasteiger partial charge in [-0.25, -0.2) is 13.2 Å². The van der Waals surface area contributed by atoms with Crippen LogP contribution in [0.2, 0.25) is 0 Å². The summed E-state index contributed by atoms with van der Waals surface area (Å²) in [5.41, 5.74) is 0.466. The van der Waals surface area contributed by atoms with Gasteiger partial charge in [-0.1, -0.05) is 0 Å². The minimum atomic E-state index is -3.15. The van der Waals surface area contributed by atoms with E-state index in [0.717, 1.165) is 44.6 Å². The molecule has 1 aliphatic heterocycles. The summed E-state index contributed by atoms with van der Waals surface area (Å²) < 4.78 is 28.3. The van der Waals surface area contributed by atoms with Crippen molar-refractivity contribution >= 4 is 21.6 Å². The van der Waals surface area contributed by atoms with Gasteiger partial charge >= 0.3 is 6.09 Å². The number of anilines is 1. The van der Waals surface area contributed by atoms with Crippen LogP contribution in [0.15, 0.2) is 29.2 Å². The van der Waals surface area contributed by atoms with Gasteiger partial charge in [0.25, 0.3) is 0 Å². The maximum atomic E-state index is 12.1. The third-order valence-electron chi connectivity index (χ3n) is 4.43. The first-order chi connectivity index (χ1) is 12.0. The van der Waals surface area contributed by atoms with Gasteiger partial charge < -0.3 is 15.0 Å². The van der Waals surface area contributed by atoms with Crippen molar-refractivity contribution in [3.8, 4) is 0 Å². The van der Waals surface area contributed by atoms with Gasteiger partial charge in [0.1, 0.15) is 5.60 Å². The molecule has 0 aliphatic carbocycles. The molecule has 1 N–H and O–H groups in total. The lowest BCUT2D eigenvalue weighted by Gasteiger charge is -2.33. The Balaban J connectivity index is 1.71. The number of carbonyl (C=O) groups excluding carboxylic acids is 1. The van der Waals surface area contributed by atoms with Gasteiger partial charge in [0.15, 0.2) is 9.84 Å². The van der Waals surface area contributed by atoms with Crippen molar-refractivity contribution in [3.05, 3.63) is 24.3 Å². The van der Waals surface area contributed by atoms with Crippen molar-refractivity contribution in [3.63, 3.8) is 0 Å². The molecule has 1 aromatic rings. The van der Waals surface area contributed by atoms with Crippen molar-refractivity contribution in [2.45, 2.75) is 50.5 Å². The fourth-order valence-corrected chi connectivity index (χ4v) is 3.60. The highest BCUT2D eigenvalue weighted by molar-refractivity contribution is 7.90. The van der Waals surface area contributed by atoms with Crippen LogP contribution in [0.5, 0.6) is 0 Å². The van der Waals surface area contributed by atoms with Crippen molar-refractivity contribution in [1.82, 2.24) is 4.90 Å². The lowest BCUT2D eigenvalue weighted by molar-refractivity contribution is 0.0182. The zero-order valence-corrected chi connectivity index (χ0v) is 16.9. The normalized spacial score (nSPS) is 16.4. The van der Waals surface area contributed by atoms with E-state index in [0.29, 0.717) is 10.8 Å². The van der Waals surface area contributed by atoms with E-state index in [2.05, 4.69) is 5.32 Å². The highest BCUT2D eigenvalue weighted by Crippen LogP contribution is 2.22. The van der Waals surface area contributed by atoms with Gasteiger partial charge in [0.2, 0.25) is 0 Å². The predicted molar refractivity (Wildman–Crippen MR) is 103 cm³/mol. The molecule has 1 amide bonds. The molecule has 6 nitrogen and oxygen atoms in total. The number of hydrogen-bond acceptors (Lipinski definition) is 5. The van der Waals surface area contributed by atoms with Crippen LogP contribution < -0.4 is 5.32 Å². The standard InChI is InChI=1S/C19H30N2O4S/c1-19(2,3)25-18(22)21-13-10-15(11-14-21)9-12-20-16-5-7-17(8-6-16)26(4,23)24/h5-8,15,20H,9-14H2,1-4H3. The number of hydrogen-bond donors (Lipinski definition) is 1. The Hall–Kier alpha value is -1.76. The van der Waals surface area contributed by atoms with Gasteiger partial charge in [-0.3, -0.25) is 0 Å². The first-order valence-electron chi connectivity index (χ1n) is 9.06. The van der Waals surface area contributed by atoms with Crippen molar-refractivity contribution < 1.29 is 17.9 Å². The summed E-state index contributed by atoms with van der Waals surface area (Å²) in [6.45, 7) is 7.95. The zero-order valence-electron chi connectivity index (χ0n) is 16.1. The maximum absolute atomic E-state index is 12.1. The van der Waals surface area contributed by atoms with E-state index in [1.807, 2.05) is 20.8 Å². The zero-order chi connectivity index (χ0) is 19.4. The molecule has 146 valence electrons.